The van der Waals surface area contributed by atoms with Gasteiger partial charge in [-0.05, 0) is 56.4 Å². The summed E-state index contributed by atoms with van der Waals surface area (Å²) in [6, 6.07) is 6.96. The van der Waals surface area contributed by atoms with Crippen LogP contribution in [0.15, 0.2) is 30.5 Å². The molecule has 1 aliphatic carbocycles. The Kier molecular flexibility index (Phi) is 6.86. The summed E-state index contributed by atoms with van der Waals surface area (Å²) in [7, 11) is 0. The topological polar surface area (TPSA) is 75.2 Å². The summed E-state index contributed by atoms with van der Waals surface area (Å²) in [6.07, 6.45) is 9.33. The first-order chi connectivity index (χ1) is 15.0. The molecular formula is C24H29ClN4O2. The molecule has 1 N–H and O–H groups in total. The molecule has 2 aromatic rings. The highest BCUT2D eigenvalue weighted by atomic mass is 35.5. The quantitative estimate of drug-likeness (QED) is 0.711. The molecule has 1 aromatic carbocycles. The molecule has 4 rings (SSSR count). The van der Waals surface area contributed by atoms with Crippen LogP contribution in [0.3, 0.4) is 0 Å². The Morgan fingerprint density at radius 1 is 1.13 bits per heavy atom. The van der Waals surface area contributed by atoms with Crippen LogP contribution in [-0.2, 0) is 4.79 Å². The van der Waals surface area contributed by atoms with E-state index in [1.54, 1.807) is 30.5 Å². The number of hydrogen-bond donors (Lipinski definition) is 1. The number of halogens is 1. The fourth-order valence-electron chi connectivity index (χ4n) is 4.60. The molecule has 6 nitrogen and oxygen atoms in total. The van der Waals surface area contributed by atoms with Crippen molar-refractivity contribution in [3.05, 3.63) is 52.6 Å². The largest absolute Gasteiger partial charge is 0.342 e. The van der Waals surface area contributed by atoms with Crippen LogP contribution in [0.25, 0.3) is 0 Å². The molecule has 2 heterocycles. The lowest BCUT2D eigenvalue weighted by atomic mass is 9.87. The van der Waals surface area contributed by atoms with Gasteiger partial charge in [0.05, 0.1) is 11.3 Å². The first kappa shape index (κ1) is 21.8. The molecule has 1 aliphatic heterocycles. The van der Waals surface area contributed by atoms with Gasteiger partial charge in [0, 0.05) is 42.3 Å². The van der Waals surface area contributed by atoms with E-state index >= 15 is 0 Å². The van der Waals surface area contributed by atoms with Crippen LogP contribution in [-0.4, -0.2) is 39.8 Å². The number of amides is 2. The highest BCUT2D eigenvalue weighted by molar-refractivity contribution is 6.30. The number of carbonyl (C=O) groups excluding carboxylic acids is 2. The zero-order valence-electron chi connectivity index (χ0n) is 17.9. The number of aryl methyl sites for hydroxylation is 1. The molecular weight excluding hydrogens is 412 g/mol. The van der Waals surface area contributed by atoms with Gasteiger partial charge < -0.3 is 10.2 Å². The van der Waals surface area contributed by atoms with Gasteiger partial charge in [-0.3, -0.25) is 9.59 Å². The van der Waals surface area contributed by atoms with Gasteiger partial charge in [0.25, 0.3) is 5.91 Å². The molecule has 1 saturated carbocycles. The van der Waals surface area contributed by atoms with E-state index in [1.165, 1.54) is 32.1 Å². The predicted molar refractivity (Wildman–Crippen MR) is 121 cm³/mol. The van der Waals surface area contributed by atoms with Crippen LogP contribution in [0.4, 0.5) is 5.69 Å². The predicted octanol–water partition coefficient (Wildman–Crippen LogP) is 4.98. The SMILES string of the molecule is Cc1nc([C@H]2CCN(C(=O)CC3CCCCC3)C2)ncc1C(=O)Nc1ccc(Cl)cc1. The van der Waals surface area contributed by atoms with Crippen molar-refractivity contribution < 1.29 is 9.59 Å². The van der Waals surface area contributed by atoms with Gasteiger partial charge in [-0.2, -0.15) is 0 Å². The first-order valence-electron chi connectivity index (χ1n) is 11.2. The summed E-state index contributed by atoms with van der Waals surface area (Å²) >= 11 is 5.89. The van der Waals surface area contributed by atoms with Gasteiger partial charge >= 0.3 is 0 Å². The van der Waals surface area contributed by atoms with E-state index < -0.39 is 0 Å². The van der Waals surface area contributed by atoms with Crippen molar-refractivity contribution in [3.63, 3.8) is 0 Å². The molecule has 0 spiro atoms. The summed E-state index contributed by atoms with van der Waals surface area (Å²) in [5.74, 6) is 1.42. The molecule has 0 radical (unpaired) electrons. The summed E-state index contributed by atoms with van der Waals surface area (Å²) in [4.78, 5) is 36.4. The second-order valence-electron chi connectivity index (χ2n) is 8.72. The zero-order chi connectivity index (χ0) is 21.8. The molecule has 31 heavy (non-hydrogen) atoms. The number of benzene rings is 1. The van der Waals surface area contributed by atoms with Crippen LogP contribution in [0.5, 0.6) is 0 Å². The maximum absolute atomic E-state index is 12.7. The minimum Gasteiger partial charge on any atom is -0.342 e. The highest BCUT2D eigenvalue weighted by Crippen LogP contribution is 2.30. The van der Waals surface area contributed by atoms with Crippen LogP contribution in [0, 0.1) is 12.8 Å². The normalized spacial score (nSPS) is 19.4. The van der Waals surface area contributed by atoms with Crippen molar-refractivity contribution >= 4 is 29.1 Å². The summed E-state index contributed by atoms with van der Waals surface area (Å²) in [5, 5.41) is 3.46. The second kappa shape index (κ2) is 9.77. The Labute approximate surface area is 188 Å². The first-order valence-corrected chi connectivity index (χ1v) is 11.6. The number of rotatable bonds is 5. The molecule has 1 aromatic heterocycles. The summed E-state index contributed by atoms with van der Waals surface area (Å²) in [6.45, 7) is 3.25. The second-order valence-corrected chi connectivity index (χ2v) is 9.16. The van der Waals surface area contributed by atoms with Gasteiger partial charge in [0.15, 0.2) is 0 Å². The van der Waals surface area contributed by atoms with Crippen LogP contribution in [0.2, 0.25) is 5.02 Å². The van der Waals surface area contributed by atoms with Gasteiger partial charge in [0.1, 0.15) is 5.82 Å². The standard InChI is InChI=1S/C24H29ClN4O2/c1-16-21(24(31)28-20-9-7-19(25)8-10-20)14-26-23(27-16)18-11-12-29(15-18)22(30)13-17-5-3-2-4-6-17/h7-10,14,17-18H,2-6,11-13,15H2,1H3,(H,28,31)/t18-/m0/s1. The third-order valence-corrected chi connectivity index (χ3v) is 6.69. The molecule has 0 unspecified atom stereocenters. The van der Waals surface area contributed by atoms with Gasteiger partial charge in [-0.25, -0.2) is 9.97 Å². The van der Waals surface area contributed by atoms with Crippen LogP contribution < -0.4 is 5.32 Å². The Morgan fingerprint density at radius 2 is 1.87 bits per heavy atom. The molecule has 0 bridgehead atoms. The Bertz CT molecular complexity index is 941. The minimum atomic E-state index is -0.248. The maximum Gasteiger partial charge on any atom is 0.259 e. The van der Waals surface area contributed by atoms with Crippen molar-refractivity contribution in [2.24, 2.45) is 5.92 Å². The Balaban J connectivity index is 1.36. The lowest BCUT2D eigenvalue weighted by molar-refractivity contribution is -0.131. The van der Waals surface area contributed by atoms with Gasteiger partial charge in [-0.15, -0.1) is 0 Å². The lowest BCUT2D eigenvalue weighted by Gasteiger charge is -2.24. The van der Waals surface area contributed by atoms with Crippen molar-refractivity contribution in [2.75, 3.05) is 18.4 Å². The molecule has 2 aliphatic rings. The van der Waals surface area contributed by atoms with E-state index in [-0.39, 0.29) is 17.7 Å². The molecule has 1 saturated heterocycles. The summed E-state index contributed by atoms with van der Waals surface area (Å²) < 4.78 is 0. The number of hydrogen-bond acceptors (Lipinski definition) is 4. The average molecular weight is 441 g/mol. The van der Waals surface area contributed by atoms with E-state index in [2.05, 4.69) is 15.3 Å². The molecule has 1 atom stereocenters. The van der Waals surface area contributed by atoms with Gasteiger partial charge in [0.2, 0.25) is 5.91 Å². The number of nitrogens with one attached hydrogen (secondary N) is 1. The third-order valence-electron chi connectivity index (χ3n) is 6.44. The van der Waals surface area contributed by atoms with E-state index in [4.69, 9.17) is 11.6 Å². The number of nitrogens with zero attached hydrogens (tertiary/aromatic N) is 3. The van der Waals surface area contributed by atoms with E-state index in [1.807, 2.05) is 11.8 Å². The lowest BCUT2D eigenvalue weighted by Crippen LogP contribution is -2.30. The molecule has 2 fully saturated rings. The highest BCUT2D eigenvalue weighted by Gasteiger charge is 2.31. The Morgan fingerprint density at radius 3 is 2.58 bits per heavy atom. The Hall–Kier alpha value is -2.47. The van der Waals surface area contributed by atoms with Crippen molar-refractivity contribution in [3.8, 4) is 0 Å². The van der Waals surface area contributed by atoms with E-state index in [9.17, 15) is 9.59 Å². The monoisotopic (exact) mass is 440 g/mol. The number of anilines is 1. The van der Waals surface area contributed by atoms with Crippen molar-refractivity contribution in [1.82, 2.24) is 14.9 Å². The van der Waals surface area contributed by atoms with E-state index in [0.717, 1.165) is 13.0 Å². The minimum absolute atomic E-state index is 0.127. The number of carbonyl (C=O) groups is 2. The zero-order valence-corrected chi connectivity index (χ0v) is 18.7. The molecule has 164 valence electrons. The maximum atomic E-state index is 12.7. The van der Waals surface area contributed by atoms with Crippen LogP contribution >= 0.6 is 11.6 Å². The van der Waals surface area contributed by atoms with Crippen LogP contribution in [0.1, 0.15) is 72.7 Å². The van der Waals surface area contributed by atoms with Gasteiger partial charge in [-0.1, -0.05) is 30.9 Å². The number of aromatic nitrogens is 2. The fraction of sp³-hybridized carbons (Fsp3) is 0.500. The summed E-state index contributed by atoms with van der Waals surface area (Å²) in [5.41, 5.74) is 1.76. The fourth-order valence-corrected chi connectivity index (χ4v) is 4.73. The van der Waals surface area contributed by atoms with Crippen molar-refractivity contribution in [1.29, 1.82) is 0 Å². The molecule has 2 amide bonds. The smallest absolute Gasteiger partial charge is 0.259 e. The van der Waals surface area contributed by atoms with E-state index in [0.29, 0.717) is 46.7 Å². The average Bonchev–Trinajstić information content (AvgIpc) is 3.26. The third kappa shape index (κ3) is 5.42. The van der Waals surface area contributed by atoms with Crippen molar-refractivity contribution in [2.45, 2.75) is 57.8 Å². The number of likely N-dealkylation sites (tertiary alicyclic amines) is 1. The molecule has 7 heteroatoms.